The first-order chi connectivity index (χ1) is 7.20. The van der Waals surface area contributed by atoms with Crippen molar-refractivity contribution in [2.75, 3.05) is 13.2 Å². The van der Waals surface area contributed by atoms with Gasteiger partial charge in [0.05, 0.1) is 0 Å². The maximum absolute atomic E-state index is 11.9. The lowest BCUT2D eigenvalue weighted by molar-refractivity contribution is -0.138. The van der Waals surface area contributed by atoms with E-state index in [4.69, 9.17) is 4.74 Å². The molecular weight excluding hydrogens is 190 g/mol. The van der Waals surface area contributed by atoms with Gasteiger partial charge in [0.15, 0.2) is 0 Å². The van der Waals surface area contributed by atoms with Gasteiger partial charge < -0.3 is 9.64 Å². The zero-order chi connectivity index (χ0) is 11.3. The Kier molecular flexibility index (Phi) is 5.09. The number of nitrogens with zero attached hydrogens (tertiary/aromatic N) is 1. The second-order valence-electron chi connectivity index (χ2n) is 4.34. The van der Waals surface area contributed by atoms with Gasteiger partial charge in [0.25, 0.3) is 0 Å². The number of carbonyl (C=O) groups is 1. The lowest BCUT2D eigenvalue weighted by Gasteiger charge is -2.27. The first-order valence-electron chi connectivity index (χ1n) is 6.09. The predicted octanol–water partition coefficient (Wildman–Crippen LogP) is 2.20. The maximum atomic E-state index is 11.9. The first kappa shape index (κ1) is 12.5. The first-order valence-corrected chi connectivity index (χ1v) is 6.09. The molecule has 0 aromatic rings. The van der Waals surface area contributed by atoms with Crippen molar-refractivity contribution in [3.05, 3.63) is 0 Å². The van der Waals surface area contributed by atoms with E-state index in [1.807, 2.05) is 4.90 Å². The molecule has 0 bridgehead atoms. The van der Waals surface area contributed by atoms with Crippen LogP contribution in [0.15, 0.2) is 0 Å². The van der Waals surface area contributed by atoms with Gasteiger partial charge in [-0.3, -0.25) is 4.79 Å². The summed E-state index contributed by atoms with van der Waals surface area (Å²) in [6, 6.07) is 0.838. The number of ether oxygens (including phenoxy) is 1. The van der Waals surface area contributed by atoms with E-state index in [2.05, 4.69) is 20.8 Å². The largest absolute Gasteiger partial charge is 0.372 e. The van der Waals surface area contributed by atoms with E-state index in [0.29, 0.717) is 18.7 Å². The molecule has 88 valence electrons. The number of hydrogen-bond acceptors (Lipinski definition) is 2. The standard InChI is InChI=1S/C12H23NO2/c1-4-8-15-9-12(14)13-10(3)6-7-11(13)5-2/h10-11H,4-9H2,1-3H3. The number of amides is 1. The second kappa shape index (κ2) is 6.11. The summed E-state index contributed by atoms with van der Waals surface area (Å²) < 4.78 is 5.31. The third-order valence-corrected chi connectivity index (χ3v) is 3.12. The van der Waals surface area contributed by atoms with Gasteiger partial charge in [0.1, 0.15) is 6.61 Å². The Morgan fingerprint density at radius 1 is 1.40 bits per heavy atom. The molecule has 1 rings (SSSR count). The third-order valence-electron chi connectivity index (χ3n) is 3.12. The average Bonchev–Trinajstić information content (AvgIpc) is 2.59. The minimum atomic E-state index is 0.167. The van der Waals surface area contributed by atoms with Crippen molar-refractivity contribution in [2.45, 2.75) is 58.5 Å². The normalized spacial score (nSPS) is 25.9. The van der Waals surface area contributed by atoms with Crippen LogP contribution in [0.5, 0.6) is 0 Å². The van der Waals surface area contributed by atoms with Crippen molar-refractivity contribution in [3.8, 4) is 0 Å². The smallest absolute Gasteiger partial charge is 0.249 e. The Labute approximate surface area is 92.8 Å². The maximum Gasteiger partial charge on any atom is 0.249 e. The van der Waals surface area contributed by atoms with E-state index in [0.717, 1.165) is 25.7 Å². The minimum absolute atomic E-state index is 0.167. The van der Waals surface area contributed by atoms with Gasteiger partial charge in [-0.25, -0.2) is 0 Å². The van der Waals surface area contributed by atoms with Crippen LogP contribution in [0, 0.1) is 0 Å². The van der Waals surface area contributed by atoms with Gasteiger partial charge in [-0.05, 0) is 32.6 Å². The summed E-state index contributed by atoms with van der Waals surface area (Å²) >= 11 is 0. The van der Waals surface area contributed by atoms with E-state index >= 15 is 0 Å². The molecule has 15 heavy (non-hydrogen) atoms. The molecule has 2 atom stereocenters. The predicted molar refractivity (Wildman–Crippen MR) is 60.7 cm³/mol. The summed E-state index contributed by atoms with van der Waals surface area (Å²) in [5.74, 6) is 0.167. The van der Waals surface area contributed by atoms with Gasteiger partial charge in [0.2, 0.25) is 5.91 Å². The summed E-state index contributed by atoms with van der Waals surface area (Å²) in [6.45, 7) is 7.28. The molecule has 1 fully saturated rings. The molecule has 3 heteroatoms. The van der Waals surface area contributed by atoms with Crippen LogP contribution in [0.4, 0.5) is 0 Å². The van der Waals surface area contributed by atoms with Crippen molar-refractivity contribution < 1.29 is 9.53 Å². The summed E-state index contributed by atoms with van der Waals surface area (Å²) in [7, 11) is 0. The van der Waals surface area contributed by atoms with Crippen LogP contribution in [0.3, 0.4) is 0 Å². The minimum Gasteiger partial charge on any atom is -0.372 e. The summed E-state index contributed by atoms with van der Waals surface area (Å²) in [5, 5.41) is 0. The lowest BCUT2D eigenvalue weighted by Crippen LogP contribution is -2.41. The molecule has 0 N–H and O–H groups in total. The Hall–Kier alpha value is -0.570. The highest BCUT2D eigenvalue weighted by Gasteiger charge is 2.32. The van der Waals surface area contributed by atoms with E-state index in [9.17, 15) is 4.79 Å². The quantitative estimate of drug-likeness (QED) is 0.655. The molecule has 0 saturated carbocycles. The molecular formula is C12H23NO2. The molecule has 0 aromatic carbocycles. The highest BCUT2D eigenvalue weighted by Crippen LogP contribution is 2.25. The van der Waals surface area contributed by atoms with Crippen LogP contribution in [0.1, 0.15) is 46.5 Å². The Bertz CT molecular complexity index is 206. The van der Waals surface area contributed by atoms with Crippen molar-refractivity contribution in [1.29, 1.82) is 0 Å². The molecule has 1 saturated heterocycles. The Morgan fingerprint density at radius 3 is 2.73 bits per heavy atom. The van der Waals surface area contributed by atoms with Crippen LogP contribution in [0.2, 0.25) is 0 Å². The fraction of sp³-hybridized carbons (Fsp3) is 0.917. The second-order valence-corrected chi connectivity index (χ2v) is 4.34. The van der Waals surface area contributed by atoms with Gasteiger partial charge in [-0.2, -0.15) is 0 Å². The van der Waals surface area contributed by atoms with E-state index in [1.54, 1.807) is 0 Å². The molecule has 0 aliphatic carbocycles. The molecule has 2 unspecified atom stereocenters. The third kappa shape index (κ3) is 3.20. The Morgan fingerprint density at radius 2 is 2.13 bits per heavy atom. The van der Waals surface area contributed by atoms with Crippen molar-refractivity contribution in [1.82, 2.24) is 4.90 Å². The molecule has 1 aliphatic heterocycles. The van der Waals surface area contributed by atoms with E-state index < -0.39 is 0 Å². The fourth-order valence-corrected chi connectivity index (χ4v) is 2.30. The fourth-order valence-electron chi connectivity index (χ4n) is 2.30. The van der Waals surface area contributed by atoms with E-state index in [1.165, 1.54) is 0 Å². The van der Waals surface area contributed by atoms with Crippen LogP contribution < -0.4 is 0 Å². The van der Waals surface area contributed by atoms with Gasteiger partial charge in [-0.1, -0.05) is 13.8 Å². The number of rotatable bonds is 5. The molecule has 0 aromatic heterocycles. The van der Waals surface area contributed by atoms with E-state index in [-0.39, 0.29) is 12.5 Å². The van der Waals surface area contributed by atoms with Gasteiger partial charge in [-0.15, -0.1) is 0 Å². The highest BCUT2D eigenvalue weighted by molar-refractivity contribution is 5.78. The molecule has 0 spiro atoms. The molecule has 1 amide bonds. The van der Waals surface area contributed by atoms with Crippen LogP contribution in [-0.2, 0) is 9.53 Å². The van der Waals surface area contributed by atoms with Crippen LogP contribution >= 0.6 is 0 Å². The monoisotopic (exact) mass is 213 g/mol. The lowest BCUT2D eigenvalue weighted by atomic mass is 10.1. The molecule has 1 aliphatic rings. The summed E-state index contributed by atoms with van der Waals surface area (Å²) in [5.41, 5.74) is 0. The SMILES string of the molecule is CCCOCC(=O)N1C(C)CCC1CC. The number of carbonyl (C=O) groups excluding carboxylic acids is 1. The highest BCUT2D eigenvalue weighted by atomic mass is 16.5. The topological polar surface area (TPSA) is 29.5 Å². The number of likely N-dealkylation sites (tertiary alicyclic amines) is 1. The van der Waals surface area contributed by atoms with Crippen molar-refractivity contribution in [3.63, 3.8) is 0 Å². The summed E-state index contributed by atoms with van der Waals surface area (Å²) in [6.07, 6.45) is 4.32. The Balaban J connectivity index is 2.41. The van der Waals surface area contributed by atoms with Gasteiger partial charge in [0, 0.05) is 18.7 Å². The van der Waals surface area contributed by atoms with Crippen LogP contribution in [0.25, 0.3) is 0 Å². The van der Waals surface area contributed by atoms with Crippen LogP contribution in [-0.4, -0.2) is 36.1 Å². The zero-order valence-electron chi connectivity index (χ0n) is 10.2. The average molecular weight is 213 g/mol. The molecule has 3 nitrogen and oxygen atoms in total. The molecule has 1 heterocycles. The number of hydrogen-bond donors (Lipinski definition) is 0. The summed E-state index contributed by atoms with van der Waals surface area (Å²) in [4.78, 5) is 13.9. The van der Waals surface area contributed by atoms with Crippen molar-refractivity contribution >= 4 is 5.91 Å². The van der Waals surface area contributed by atoms with Crippen molar-refractivity contribution in [2.24, 2.45) is 0 Å². The molecule has 0 radical (unpaired) electrons. The zero-order valence-corrected chi connectivity index (χ0v) is 10.2. The van der Waals surface area contributed by atoms with Gasteiger partial charge >= 0.3 is 0 Å².